The molecule has 7 aromatic carbocycles. The minimum absolute atomic E-state index is 0.531. The Morgan fingerprint density at radius 2 is 1.04 bits per heavy atom. The first kappa shape index (κ1) is 28.7. The molecule has 0 amide bonds. The second-order valence-electron chi connectivity index (χ2n) is 13.4. The lowest BCUT2D eigenvalue weighted by Crippen LogP contribution is -2.26. The van der Waals surface area contributed by atoms with Gasteiger partial charge in [-0.05, 0) is 57.1 Å². The number of benzene rings is 7. The quantitative estimate of drug-likeness (QED) is 0.188. The molecule has 1 unspecified atom stereocenters. The van der Waals surface area contributed by atoms with Crippen molar-refractivity contribution in [3.8, 4) is 62.5 Å². The first-order valence-electron chi connectivity index (χ1n) is 17.3. The number of furan rings is 1. The van der Waals surface area contributed by atoms with Crippen LogP contribution in [0.15, 0.2) is 162 Å². The van der Waals surface area contributed by atoms with E-state index < -0.39 is 5.41 Å². The molecule has 0 radical (unpaired) electrons. The summed E-state index contributed by atoms with van der Waals surface area (Å²) in [7, 11) is 0. The number of nitriles is 1. The van der Waals surface area contributed by atoms with Crippen LogP contribution < -0.4 is 0 Å². The van der Waals surface area contributed by atoms with Crippen molar-refractivity contribution >= 4 is 21.9 Å². The van der Waals surface area contributed by atoms with Gasteiger partial charge in [-0.25, -0.2) is 15.0 Å². The Labute approximate surface area is 299 Å². The first-order chi connectivity index (χ1) is 25.8. The van der Waals surface area contributed by atoms with Gasteiger partial charge >= 0.3 is 0 Å². The summed E-state index contributed by atoms with van der Waals surface area (Å²) in [6.07, 6.45) is 0. The number of nitrogens with zero attached hydrogens (tertiary/aromatic N) is 4. The highest BCUT2D eigenvalue weighted by Gasteiger charge is 2.53. The molecule has 11 rings (SSSR count). The summed E-state index contributed by atoms with van der Waals surface area (Å²) >= 11 is 0. The minimum Gasteiger partial charge on any atom is -0.455 e. The molecule has 2 aromatic heterocycles. The van der Waals surface area contributed by atoms with Gasteiger partial charge in [0.2, 0.25) is 0 Å². The highest BCUT2D eigenvalue weighted by molar-refractivity contribution is 6.19. The van der Waals surface area contributed by atoms with Crippen molar-refractivity contribution in [1.29, 1.82) is 5.26 Å². The van der Waals surface area contributed by atoms with E-state index in [1.165, 1.54) is 5.56 Å². The van der Waals surface area contributed by atoms with Gasteiger partial charge in [0.05, 0.1) is 22.6 Å². The van der Waals surface area contributed by atoms with E-state index in [2.05, 4.69) is 78.9 Å². The molecule has 2 aliphatic carbocycles. The molecule has 1 atom stereocenters. The molecule has 0 aliphatic heterocycles. The van der Waals surface area contributed by atoms with E-state index in [0.717, 1.165) is 77.6 Å². The fraction of sp³-hybridized carbons (Fsp3) is 0.0213. The maximum atomic E-state index is 10.4. The average Bonchev–Trinajstić information content (AvgIpc) is 3.85. The molecule has 5 nitrogen and oxygen atoms in total. The second-order valence-corrected chi connectivity index (χ2v) is 13.4. The molecule has 240 valence electrons. The van der Waals surface area contributed by atoms with Gasteiger partial charge in [-0.15, -0.1) is 0 Å². The van der Waals surface area contributed by atoms with E-state index in [9.17, 15) is 5.26 Å². The summed E-state index contributed by atoms with van der Waals surface area (Å²) in [5, 5.41) is 12.5. The number of para-hydroxylation sites is 1. The largest absolute Gasteiger partial charge is 0.455 e. The number of rotatable bonds is 3. The van der Waals surface area contributed by atoms with E-state index in [-0.39, 0.29) is 0 Å². The van der Waals surface area contributed by atoms with Crippen molar-refractivity contribution in [2.75, 3.05) is 0 Å². The van der Waals surface area contributed by atoms with Crippen molar-refractivity contribution in [2.24, 2.45) is 0 Å². The number of aromatic nitrogens is 3. The Kier molecular flexibility index (Phi) is 5.88. The van der Waals surface area contributed by atoms with Crippen molar-refractivity contribution in [3.05, 3.63) is 186 Å². The third-order valence-electron chi connectivity index (χ3n) is 10.8. The average molecular weight is 663 g/mol. The molecular weight excluding hydrogens is 637 g/mol. The minimum atomic E-state index is -0.691. The normalized spacial score (nSPS) is 15.0. The van der Waals surface area contributed by atoms with E-state index in [4.69, 9.17) is 19.4 Å². The van der Waals surface area contributed by atoms with E-state index >= 15 is 0 Å². The first-order valence-corrected chi connectivity index (χ1v) is 17.3. The van der Waals surface area contributed by atoms with Gasteiger partial charge in [0.1, 0.15) is 11.2 Å². The second kappa shape index (κ2) is 10.7. The molecule has 2 aliphatic rings. The predicted molar refractivity (Wildman–Crippen MR) is 204 cm³/mol. The van der Waals surface area contributed by atoms with E-state index in [1.54, 1.807) is 0 Å². The zero-order valence-electron chi connectivity index (χ0n) is 27.7. The van der Waals surface area contributed by atoms with E-state index in [0.29, 0.717) is 23.0 Å². The van der Waals surface area contributed by atoms with Gasteiger partial charge in [-0.2, -0.15) is 5.26 Å². The molecule has 2 heterocycles. The van der Waals surface area contributed by atoms with Crippen LogP contribution in [0.4, 0.5) is 0 Å². The molecule has 0 bridgehead atoms. The fourth-order valence-electron chi connectivity index (χ4n) is 8.75. The molecule has 0 saturated carbocycles. The van der Waals surface area contributed by atoms with Crippen LogP contribution in [-0.2, 0) is 5.41 Å². The molecule has 0 fully saturated rings. The van der Waals surface area contributed by atoms with Crippen LogP contribution in [0.2, 0.25) is 0 Å². The Morgan fingerprint density at radius 1 is 0.481 bits per heavy atom. The third kappa shape index (κ3) is 3.73. The molecule has 5 heteroatoms. The van der Waals surface area contributed by atoms with Gasteiger partial charge in [-0.1, -0.05) is 140 Å². The standard InChI is InChI=1S/C47H26N4O/c48-27-30-18-13-24-37-40(30)31-19-7-10-22-35(31)47(37)36-23-11-8-20-32(36)41-38(47)26-34(43-42(41)33-21-9-12-25-39(33)52-43)46-50-44(28-14-3-1-4-15-28)49-45(51-46)29-16-5-2-6-17-29/h1-26H. The monoisotopic (exact) mass is 662 g/mol. The van der Waals surface area contributed by atoms with Crippen LogP contribution in [0.3, 0.4) is 0 Å². The fourth-order valence-corrected chi connectivity index (χ4v) is 8.75. The highest BCUT2D eigenvalue weighted by atomic mass is 16.3. The molecule has 9 aromatic rings. The summed E-state index contributed by atoms with van der Waals surface area (Å²) in [5.41, 5.74) is 13.0. The van der Waals surface area contributed by atoms with Crippen LogP contribution in [0, 0.1) is 11.3 Å². The lowest BCUT2D eigenvalue weighted by atomic mass is 9.70. The molecule has 52 heavy (non-hydrogen) atoms. The van der Waals surface area contributed by atoms with Crippen molar-refractivity contribution < 1.29 is 4.42 Å². The molecule has 0 N–H and O–H groups in total. The topological polar surface area (TPSA) is 75.6 Å². The Balaban J connectivity index is 1.32. The van der Waals surface area contributed by atoms with Gasteiger partial charge < -0.3 is 4.42 Å². The Hall–Kier alpha value is -7.16. The summed E-state index contributed by atoms with van der Waals surface area (Å²) < 4.78 is 6.85. The van der Waals surface area contributed by atoms with Gasteiger partial charge in [0, 0.05) is 27.5 Å². The summed E-state index contributed by atoms with van der Waals surface area (Å²) in [5.74, 6) is 1.70. The Bertz CT molecular complexity index is 2920. The lowest BCUT2D eigenvalue weighted by Gasteiger charge is -2.30. The molecule has 1 spiro atoms. The van der Waals surface area contributed by atoms with Gasteiger partial charge in [-0.3, -0.25) is 0 Å². The smallest absolute Gasteiger partial charge is 0.167 e. The van der Waals surface area contributed by atoms with Crippen molar-refractivity contribution in [3.63, 3.8) is 0 Å². The van der Waals surface area contributed by atoms with E-state index in [1.807, 2.05) is 84.9 Å². The summed E-state index contributed by atoms with van der Waals surface area (Å²) in [6, 6.07) is 56.5. The lowest BCUT2D eigenvalue weighted by molar-refractivity contribution is 0.669. The summed E-state index contributed by atoms with van der Waals surface area (Å²) in [6.45, 7) is 0. The maximum Gasteiger partial charge on any atom is 0.167 e. The Morgan fingerprint density at radius 3 is 1.71 bits per heavy atom. The number of hydrogen-bond acceptors (Lipinski definition) is 5. The van der Waals surface area contributed by atoms with Gasteiger partial charge in [0.15, 0.2) is 17.5 Å². The van der Waals surface area contributed by atoms with Crippen molar-refractivity contribution in [2.45, 2.75) is 5.41 Å². The maximum absolute atomic E-state index is 10.4. The van der Waals surface area contributed by atoms with Crippen LogP contribution in [0.5, 0.6) is 0 Å². The van der Waals surface area contributed by atoms with Crippen LogP contribution >= 0.6 is 0 Å². The highest BCUT2D eigenvalue weighted by Crippen LogP contribution is 2.65. The molecule has 0 saturated heterocycles. The predicted octanol–water partition coefficient (Wildman–Crippen LogP) is 11.0. The number of hydrogen-bond donors (Lipinski definition) is 0. The zero-order chi connectivity index (χ0) is 34.4. The van der Waals surface area contributed by atoms with Crippen LogP contribution in [0.1, 0.15) is 27.8 Å². The van der Waals surface area contributed by atoms with Crippen molar-refractivity contribution in [1.82, 2.24) is 15.0 Å². The summed E-state index contributed by atoms with van der Waals surface area (Å²) in [4.78, 5) is 15.4. The van der Waals surface area contributed by atoms with Gasteiger partial charge in [0.25, 0.3) is 0 Å². The zero-order valence-corrected chi connectivity index (χ0v) is 27.7. The number of fused-ring (bicyclic) bond motifs is 14. The van der Waals surface area contributed by atoms with Crippen LogP contribution in [-0.4, -0.2) is 15.0 Å². The SMILES string of the molecule is N#Cc1cccc2c1-c1ccccc1C21c2ccccc2-c2c1cc(-c1nc(-c3ccccc3)nc(-c3ccccc3)n1)c1oc3ccccc3c21. The third-order valence-corrected chi connectivity index (χ3v) is 10.8. The molecular formula is C47H26N4O. The van der Waals surface area contributed by atoms with Crippen LogP contribution in [0.25, 0.3) is 78.4 Å².